The molecule has 1 atom stereocenters. The van der Waals surface area contributed by atoms with Crippen molar-refractivity contribution in [3.63, 3.8) is 0 Å². The summed E-state index contributed by atoms with van der Waals surface area (Å²) in [6.07, 6.45) is 4.50. The van der Waals surface area contributed by atoms with Gasteiger partial charge in [0.05, 0.1) is 14.2 Å². The summed E-state index contributed by atoms with van der Waals surface area (Å²) < 4.78 is 10.6. The van der Waals surface area contributed by atoms with E-state index in [9.17, 15) is 0 Å². The van der Waals surface area contributed by atoms with Crippen molar-refractivity contribution in [1.82, 2.24) is 10.3 Å². The van der Waals surface area contributed by atoms with Gasteiger partial charge in [-0.25, -0.2) is 0 Å². The van der Waals surface area contributed by atoms with Crippen LogP contribution in [0.15, 0.2) is 42.7 Å². The number of rotatable bonds is 8. The van der Waals surface area contributed by atoms with E-state index in [1.54, 1.807) is 20.4 Å². The smallest absolute Gasteiger partial charge is 0.122 e. The van der Waals surface area contributed by atoms with Crippen molar-refractivity contribution in [2.75, 3.05) is 20.8 Å². The number of aromatic nitrogens is 1. The van der Waals surface area contributed by atoms with Crippen molar-refractivity contribution in [3.8, 4) is 11.5 Å². The monoisotopic (exact) mass is 301 g/mol. The first kappa shape index (κ1) is 16.3. The molecule has 0 aliphatic rings. The summed E-state index contributed by atoms with van der Waals surface area (Å²) in [7, 11) is 3.30. The van der Waals surface area contributed by atoms with Crippen molar-refractivity contribution in [2.45, 2.75) is 19.0 Å². The van der Waals surface area contributed by atoms with Gasteiger partial charge >= 0.3 is 0 Å². The van der Waals surface area contributed by atoms with E-state index in [2.05, 4.69) is 16.4 Å². The molecule has 0 radical (unpaired) electrons. The molecule has 0 amide bonds. The standard InChI is InChI=1S/C17H23N3O2/c1-21-16-7-14(8-17(9-16)22-2)12-20-15(10-18)6-13-4-3-5-19-11-13/h3-5,7-9,11,15,20H,6,10,12,18H2,1-2H3. The van der Waals surface area contributed by atoms with Crippen molar-refractivity contribution in [1.29, 1.82) is 0 Å². The molecule has 0 aliphatic heterocycles. The van der Waals surface area contributed by atoms with Gasteiger partial charge in [-0.2, -0.15) is 0 Å². The highest BCUT2D eigenvalue weighted by atomic mass is 16.5. The molecule has 0 aliphatic carbocycles. The van der Waals surface area contributed by atoms with Crippen LogP contribution < -0.4 is 20.5 Å². The number of hydrogen-bond donors (Lipinski definition) is 2. The minimum absolute atomic E-state index is 0.196. The highest BCUT2D eigenvalue weighted by Gasteiger charge is 2.09. The van der Waals surface area contributed by atoms with Crippen LogP contribution in [0.1, 0.15) is 11.1 Å². The molecule has 5 nitrogen and oxygen atoms in total. The zero-order valence-electron chi connectivity index (χ0n) is 13.1. The molecule has 118 valence electrons. The molecule has 5 heteroatoms. The number of ether oxygens (including phenoxy) is 2. The summed E-state index contributed by atoms with van der Waals surface area (Å²) in [5.74, 6) is 1.57. The fourth-order valence-electron chi connectivity index (χ4n) is 2.27. The lowest BCUT2D eigenvalue weighted by atomic mass is 10.1. The molecular weight excluding hydrogens is 278 g/mol. The van der Waals surface area contributed by atoms with E-state index in [1.807, 2.05) is 30.5 Å². The third-order valence-electron chi connectivity index (χ3n) is 3.50. The maximum atomic E-state index is 5.86. The molecule has 2 rings (SSSR count). The predicted octanol–water partition coefficient (Wildman–Crippen LogP) is 1.76. The van der Waals surface area contributed by atoms with E-state index in [0.717, 1.165) is 23.5 Å². The molecule has 3 N–H and O–H groups in total. The van der Waals surface area contributed by atoms with Crippen molar-refractivity contribution in [3.05, 3.63) is 53.9 Å². The normalized spacial score (nSPS) is 12.0. The van der Waals surface area contributed by atoms with E-state index < -0.39 is 0 Å². The van der Waals surface area contributed by atoms with Crippen LogP contribution >= 0.6 is 0 Å². The summed E-state index contributed by atoms with van der Waals surface area (Å²) in [6, 6.07) is 10.0. The number of hydrogen-bond acceptors (Lipinski definition) is 5. The number of nitrogens with two attached hydrogens (primary N) is 1. The first-order valence-corrected chi connectivity index (χ1v) is 7.29. The Labute approximate surface area is 131 Å². The summed E-state index contributed by atoms with van der Waals surface area (Å²) in [6.45, 7) is 1.27. The average molecular weight is 301 g/mol. The fourth-order valence-corrected chi connectivity index (χ4v) is 2.27. The zero-order chi connectivity index (χ0) is 15.8. The Morgan fingerprint density at radius 1 is 1.14 bits per heavy atom. The lowest BCUT2D eigenvalue weighted by Gasteiger charge is -2.17. The number of nitrogens with one attached hydrogen (secondary N) is 1. The number of methoxy groups -OCH3 is 2. The van der Waals surface area contributed by atoms with E-state index in [4.69, 9.17) is 15.2 Å². The van der Waals surface area contributed by atoms with E-state index in [-0.39, 0.29) is 6.04 Å². The molecule has 1 aromatic carbocycles. The van der Waals surface area contributed by atoms with Gasteiger partial charge in [-0.1, -0.05) is 6.07 Å². The molecule has 0 fully saturated rings. The Kier molecular flexibility index (Phi) is 6.18. The van der Waals surface area contributed by atoms with Crippen molar-refractivity contribution >= 4 is 0 Å². The summed E-state index contributed by atoms with van der Waals surface area (Å²) in [5.41, 5.74) is 8.14. The van der Waals surface area contributed by atoms with Crippen LogP contribution in [0, 0.1) is 0 Å². The Balaban J connectivity index is 1.98. The van der Waals surface area contributed by atoms with Crippen LogP contribution in [0.5, 0.6) is 11.5 Å². The number of benzene rings is 1. The first-order valence-electron chi connectivity index (χ1n) is 7.29. The molecular formula is C17H23N3O2. The topological polar surface area (TPSA) is 69.4 Å². The number of nitrogens with zero attached hydrogens (tertiary/aromatic N) is 1. The van der Waals surface area contributed by atoms with Crippen LogP contribution in [0.2, 0.25) is 0 Å². The third-order valence-corrected chi connectivity index (χ3v) is 3.50. The van der Waals surface area contributed by atoms with Gasteiger partial charge in [0.1, 0.15) is 11.5 Å². The van der Waals surface area contributed by atoms with Crippen LogP contribution in [0.4, 0.5) is 0 Å². The highest BCUT2D eigenvalue weighted by molar-refractivity contribution is 5.38. The van der Waals surface area contributed by atoms with E-state index in [1.165, 1.54) is 5.56 Å². The third kappa shape index (κ3) is 4.72. The quantitative estimate of drug-likeness (QED) is 0.777. The zero-order valence-corrected chi connectivity index (χ0v) is 13.1. The maximum Gasteiger partial charge on any atom is 0.122 e. The van der Waals surface area contributed by atoms with Crippen LogP contribution in [-0.4, -0.2) is 31.8 Å². The predicted molar refractivity (Wildman–Crippen MR) is 87.2 cm³/mol. The van der Waals surface area contributed by atoms with Crippen LogP contribution in [0.25, 0.3) is 0 Å². The summed E-state index contributed by atoms with van der Waals surface area (Å²) in [4.78, 5) is 4.13. The van der Waals surface area contributed by atoms with Crippen LogP contribution in [0.3, 0.4) is 0 Å². The van der Waals surface area contributed by atoms with Crippen molar-refractivity contribution < 1.29 is 9.47 Å². The van der Waals surface area contributed by atoms with Gasteiger partial charge in [0, 0.05) is 37.6 Å². The Hall–Kier alpha value is -2.11. The van der Waals surface area contributed by atoms with Gasteiger partial charge in [-0.15, -0.1) is 0 Å². The van der Waals surface area contributed by atoms with E-state index >= 15 is 0 Å². The molecule has 1 aromatic heterocycles. The summed E-state index contributed by atoms with van der Waals surface area (Å²) >= 11 is 0. The van der Waals surface area contributed by atoms with Gasteiger partial charge < -0.3 is 20.5 Å². The minimum Gasteiger partial charge on any atom is -0.497 e. The Bertz CT molecular complexity index is 553. The summed E-state index contributed by atoms with van der Waals surface area (Å²) in [5, 5.41) is 3.47. The Morgan fingerprint density at radius 3 is 2.41 bits per heavy atom. The lowest BCUT2D eigenvalue weighted by molar-refractivity contribution is 0.392. The van der Waals surface area contributed by atoms with Gasteiger partial charge in [0.15, 0.2) is 0 Å². The highest BCUT2D eigenvalue weighted by Crippen LogP contribution is 2.22. The second-order valence-electron chi connectivity index (χ2n) is 5.10. The minimum atomic E-state index is 0.196. The number of pyridine rings is 1. The Morgan fingerprint density at radius 2 is 1.86 bits per heavy atom. The second kappa shape index (κ2) is 8.36. The molecule has 1 unspecified atom stereocenters. The maximum absolute atomic E-state index is 5.86. The molecule has 0 bridgehead atoms. The first-order chi connectivity index (χ1) is 10.7. The molecule has 0 saturated carbocycles. The largest absolute Gasteiger partial charge is 0.497 e. The average Bonchev–Trinajstić information content (AvgIpc) is 2.59. The molecule has 22 heavy (non-hydrogen) atoms. The lowest BCUT2D eigenvalue weighted by Crippen LogP contribution is -2.37. The van der Waals surface area contributed by atoms with Crippen LogP contribution in [-0.2, 0) is 13.0 Å². The SMILES string of the molecule is COc1cc(CNC(CN)Cc2cccnc2)cc(OC)c1. The van der Waals surface area contributed by atoms with Gasteiger partial charge in [-0.3, -0.25) is 4.98 Å². The van der Waals surface area contributed by atoms with Gasteiger partial charge in [-0.05, 0) is 35.7 Å². The van der Waals surface area contributed by atoms with Crippen molar-refractivity contribution in [2.24, 2.45) is 5.73 Å². The molecule has 0 spiro atoms. The van der Waals surface area contributed by atoms with Gasteiger partial charge in [0.25, 0.3) is 0 Å². The molecule has 0 saturated heterocycles. The molecule has 1 heterocycles. The molecule has 2 aromatic rings. The second-order valence-corrected chi connectivity index (χ2v) is 5.10. The fraction of sp³-hybridized carbons (Fsp3) is 0.353. The van der Waals surface area contributed by atoms with Gasteiger partial charge in [0.2, 0.25) is 0 Å². The van der Waals surface area contributed by atoms with E-state index in [0.29, 0.717) is 13.1 Å².